The molecule has 1 unspecified atom stereocenters. The molecule has 3 nitrogen and oxygen atoms in total. The molecule has 2 N–H and O–H groups in total. The summed E-state index contributed by atoms with van der Waals surface area (Å²) in [6, 6.07) is 17.0. The number of Topliss-reactive ketones (excluding diaryl/α,β-unsaturated/α-hetero) is 1. The first-order valence-electron chi connectivity index (χ1n) is 12.3. The van der Waals surface area contributed by atoms with E-state index in [4.69, 9.17) is 0 Å². The quantitative estimate of drug-likeness (QED) is 0.273. The van der Waals surface area contributed by atoms with Crippen LogP contribution in [0.4, 0.5) is 0 Å². The van der Waals surface area contributed by atoms with Gasteiger partial charge in [-0.2, -0.15) is 0 Å². The van der Waals surface area contributed by atoms with Gasteiger partial charge in [-0.25, -0.2) is 0 Å². The van der Waals surface area contributed by atoms with Gasteiger partial charge in [0.05, 0.1) is 5.16 Å². The minimum absolute atomic E-state index is 0.0553. The number of carbonyl (C=O) groups excluding carboxylic acids is 1. The number of ketones is 1. The lowest BCUT2D eigenvalue weighted by molar-refractivity contribution is -0.120. The zero-order valence-electron chi connectivity index (χ0n) is 21.8. The van der Waals surface area contributed by atoms with E-state index < -0.39 is 21.2 Å². The Morgan fingerprint density at radius 1 is 0.941 bits per heavy atom. The van der Waals surface area contributed by atoms with Gasteiger partial charge in [0.15, 0.2) is 0 Å². The van der Waals surface area contributed by atoms with E-state index in [1.807, 2.05) is 12.4 Å². The summed E-state index contributed by atoms with van der Waals surface area (Å²) in [5.74, 6) is 0.400. The molecule has 182 valence electrons. The van der Waals surface area contributed by atoms with Crippen molar-refractivity contribution >= 4 is 36.3 Å². The van der Waals surface area contributed by atoms with Crippen molar-refractivity contribution in [1.82, 2.24) is 9.97 Å². The lowest BCUT2D eigenvalue weighted by Gasteiger charge is -2.50. The van der Waals surface area contributed by atoms with Gasteiger partial charge < -0.3 is 9.97 Å². The van der Waals surface area contributed by atoms with Crippen molar-refractivity contribution in [3.63, 3.8) is 0 Å². The Balaban J connectivity index is 2.02. The van der Waals surface area contributed by atoms with Crippen LogP contribution >= 0.6 is 17.2 Å². The Labute approximate surface area is 209 Å². The smallest absolute Gasteiger partial charge is 0.134 e. The molecule has 0 bridgehead atoms. The molecule has 1 aliphatic heterocycles. The second-order valence-electron chi connectivity index (χ2n) is 12.4. The van der Waals surface area contributed by atoms with Crippen LogP contribution in [0, 0.1) is 0 Å². The molecule has 2 aromatic heterocycles. The Bertz CT molecular complexity index is 1100. The number of aromatic amines is 2. The summed E-state index contributed by atoms with van der Waals surface area (Å²) in [6.45, 7) is 16.6. The molecule has 0 radical (unpaired) electrons. The van der Waals surface area contributed by atoms with Crippen LogP contribution in [0.15, 0.2) is 54.9 Å². The third-order valence-corrected chi connectivity index (χ3v) is 13.0. The van der Waals surface area contributed by atoms with E-state index in [-0.39, 0.29) is 10.3 Å². The van der Waals surface area contributed by atoms with Gasteiger partial charge in [-0.3, -0.25) is 4.79 Å². The molecular formula is C28H40N2OP2Si. The third-order valence-electron chi connectivity index (χ3n) is 6.98. The average Bonchev–Trinajstić information content (AvgIpc) is 3.39. The molecule has 0 amide bonds. The van der Waals surface area contributed by atoms with Crippen molar-refractivity contribution in [3.05, 3.63) is 77.4 Å². The molecule has 1 aliphatic rings. The first-order chi connectivity index (χ1) is 15.7. The van der Waals surface area contributed by atoms with Gasteiger partial charge in [0.25, 0.3) is 0 Å². The molecule has 34 heavy (non-hydrogen) atoms. The molecule has 0 aliphatic carbocycles. The number of rotatable bonds is 6. The predicted octanol–water partition coefficient (Wildman–Crippen LogP) is 6.96. The summed E-state index contributed by atoms with van der Waals surface area (Å²) in [6.07, 6.45) is 5.35. The summed E-state index contributed by atoms with van der Waals surface area (Å²) in [5.41, 5.74) is 5.08. The topological polar surface area (TPSA) is 48.6 Å². The second-order valence-corrected chi connectivity index (χ2v) is 22.3. The van der Waals surface area contributed by atoms with Gasteiger partial charge in [-0.05, 0) is 51.5 Å². The highest BCUT2D eigenvalue weighted by atomic mass is 31.1. The van der Waals surface area contributed by atoms with Gasteiger partial charge in [-0.1, -0.05) is 79.0 Å². The number of carbonyl (C=O) groups is 1. The molecule has 0 spiro atoms. The van der Waals surface area contributed by atoms with Gasteiger partial charge >= 0.3 is 0 Å². The summed E-state index contributed by atoms with van der Waals surface area (Å²) in [4.78, 5) is 19.8. The number of aromatic nitrogens is 2. The van der Waals surface area contributed by atoms with Crippen molar-refractivity contribution in [2.24, 2.45) is 0 Å². The maximum atomic E-state index is 12.7. The second kappa shape index (κ2) is 8.88. The maximum Gasteiger partial charge on any atom is 0.134 e. The Kier molecular flexibility index (Phi) is 6.69. The highest BCUT2D eigenvalue weighted by molar-refractivity contribution is 7.69. The van der Waals surface area contributed by atoms with E-state index in [0.717, 1.165) is 17.4 Å². The van der Waals surface area contributed by atoms with E-state index in [1.165, 1.54) is 16.4 Å². The Hall–Kier alpha value is -1.47. The van der Waals surface area contributed by atoms with Gasteiger partial charge in [0.2, 0.25) is 0 Å². The molecule has 1 saturated heterocycles. The molecule has 3 aromatic rings. The van der Waals surface area contributed by atoms with Crippen LogP contribution in [0.2, 0.25) is 19.6 Å². The molecular weight excluding hydrogens is 470 g/mol. The normalized spacial score (nSPS) is 18.9. The largest absolute Gasteiger partial charge is 0.364 e. The summed E-state index contributed by atoms with van der Waals surface area (Å²) >= 11 is 0. The molecule has 0 saturated carbocycles. The summed E-state index contributed by atoms with van der Waals surface area (Å²) < 4.78 is 0. The molecule has 1 atom stereocenters. The van der Waals surface area contributed by atoms with E-state index in [0.29, 0.717) is 18.6 Å². The van der Waals surface area contributed by atoms with E-state index in [9.17, 15) is 4.79 Å². The number of H-pyrrole nitrogens is 2. The van der Waals surface area contributed by atoms with Crippen LogP contribution in [0.25, 0.3) is 0 Å². The fraction of sp³-hybridized carbons (Fsp3) is 0.464. The van der Waals surface area contributed by atoms with Crippen LogP contribution in [0.1, 0.15) is 63.1 Å². The molecule has 1 aromatic carbocycles. The molecule has 6 heteroatoms. The van der Waals surface area contributed by atoms with E-state index >= 15 is 0 Å². The first kappa shape index (κ1) is 25.6. The fourth-order valence-electron chi connectivity index (χ4n) is 6.06. The minimum Gasteiger partial charge on any atom is -0.364 e. The van der Waals surface area contributed by atoms with E-state index in [2.05, 4.69) is 109 Å². The van der Waals surface area contributed by atoms with Crippen molar-refractivity contribution in [2.75, 3.05) is 0 Å². The number of hydrogen-bond acceptors (Lipinski definition) is 1. The van der Waals surface area contributed by atoms with Crippen molar-refractivity contribution in [3.8, 4) is 0 Å². The zero-order valence-corrected chi connectivity index (χ0v) is 24.8. The summed E-state index contributed by atoms with van der Waals surface area (Å²) in [7, 11) is 1.30. The third kappa shape index (κ3) is 4.79. The Morgan fingerprint density at radius 3 is 1.91 bits per heavy atom. The fourth-order valence-corrected chi connectivity index (χ4v) is 12.5. The highest BCUT2D eigenvalue weighted by Gasteiger charge is 2.50. The van der Waals surface area contributed by atoms with Crippen LogP contribution in [0.3, 0.4) is 0 Å². The maximum absolute atomic E-state index is 12.7. The molecule has 1 fully saturated rings. The zero-order chi connectivity index (χ0) is 24.9. The van der Waals surface area contributed by atoms with Crippen LogP contribution < -0.4 is 5.30 Å². The average molecular weight is 511 g/mol. The molecule has 4 rings (SSSR count). The van der Waals surface area contributed by atoms with Gasteiger partial charge in [0.1, 0.15) is 5.78 Å². The molecule has 3 heterocycles. The first-order valence-corrected chi connectivity index (χ1v) is 17.9. The van der Waals surface area contributed by atoms with Gasteiger partial charge in [-0.15, -0.1) is 9.24 Å². The number of benzene rings is 1. The number of nitrogens with one attached hydrogen (secondary N) is 2. The predicted molar refractivity (Wildman–Crippen MR) is 154 cm³/mol. The Morgan fingerprint density at radius 2 is 1.47 bits per heavy atom. The standard InChI is InChI=1S/C28H40N2OP2Si/c1-26(2)17-21(31)18-27(3,4)33(26)23-13-12-20(19-34(5,6)7)16-22(23)28(32,24-10-8-14-29-24)25-11-9-15-30-25/h8-16,29-30H,17-19,32H2,1-7H3. The van der Waals surface area contributed by atoms with Crippen LogP contribution in [-0.4, -0.2) is 34.1 Å². The van der Waals surface area contributed by atoms with Crippen molar-refractivity contribution in [1.29, 1.82) is 0 Å². The van der Waals surface area contributed by atoms with Crippen molar-refractivity contribution in [2.45, 2.75) is 81.7 Å². The lowest BCUT2D eigenvalue weighted by Crippen LogP contribution is -2.45. The SMILES string of the molecule is CC1(C)CC(=O)CC(C)(C)P1c1ccc(C[Si](C)(C)C)cc1C(P)(c1ccc[nH]1)c1ccc[nH]1. The van der Waals surface area contributed by atoms with E-state index in [1.54, 1.807) is 0 Å². The number of hydrogen-bond donors (Lipinski definition) is 2. The summed E-state index contributed by atoms with van der Waals surface area (Å²) in [5, 5.41) is 0.893. The van der Waals surface area contributed by atoms with Crippen LogP contribution in [-0.2, 0) is 16.0 Å². The highest BCUT2D eigenvalue weighted by Crippen LogP contribution is 2.65. The van der Waals surface area contributed by atoms with Gasteiger partial charge in [0, 0.05) is 44.7 Å². The van der Waals surface area contributed by atoms with Crippen LogP contribution in [0.5, 0.6) is 0 Å². The monoisotopic (exact) mass is 510 g/mol. The lowest BCUT2D eigenvalue weighted by atomic mass is 9.90. The van der Waals surface area contributed by atoms with Crippen molar-refractivity contribution < 1.29 is 4.79 Å². The minimum atomic E-state index is -1.30.